The third kappa shape index (κ3) is 3.59. The van der Waals surface area contributed by atoms with Gasteiger partial charge in [-0.15, -0.1) is 0 Å². The average molecular weight is 276 g/mol. The van der Waals surface area contributed by atoms with Crippen molar-refractivity contribution < 1.29 is 17.6 Å². The Bertz CT molecular complexity index is 452. The maximum absolute atomic E-state index is 13.2. The molecule has 106 valence electrons. The number of hydrogen-bond acceptors (Lipinski definition) is 2. The molecule has 1 aromatic carbocycles. The van der Waals surface area contributed by atoms with E-state index in [0.29, 0.717) is 11.3 Å². The van der Waals surface area contributed by atoms with E-state index in [4.69, 9.17) is 5.73 Å². The molecule has 0 spiro atoms. The first-order chi connectivity index (χ1) is 8.78. The molecule has 1 unspecified atom stereocenters. The first-order valence-electron chi connectivity index (χ1n) is 6.16. The molecule has 19 heavy (non-hydrogen) atoms. The number of alkyl halides is 3. The highest BCUT2D eigenvalue weighted by Gasteiger charge is 2.39. The van der Waals surface area contributed by atoms with Crippen molar-refractivity contribution >= 4 is 5.69 Å². The van der Waals surface area contributed by atoms with Crippen LogP contribution in [-0.2, 0) is 0 Å². The molecule has 0 saturated heterocycles. The van der Waals surface area contributed by atoms with Crippen LogP contribution in [0.4, 0.5) is 23.2 Å². The van der Waals surface area contributed by atoms with Crippen LogP contribution in [0.15, 0.2) is 18.2 Å². The minimum absolute atomic E-state index is 0.121. The van der Waals surface area contributed by atoms with Crippen molar-refractivity contribution in [2.75, 3.05) is 11.4 Å². The number of halogens is 4. The van der Waals surface area contributed by atoms with Crippen molar-refractivity contribution in [3.8, 4) is 0 Å². The lowest BCUT2D eigenvalue weighted by Crippen LogP contribution is -2.37. The zero-order valence-electron chi connectivity index (χ0n) is 10.5. The molecule has 0 aromatic heterocycles. The van der Waals surface area contributed by atoms with Crippen molar-refractivity contribution in [2.45, 2.75) is 38.0 Å². The summed E-state index contributed by atoms with van der Waals surface area (Å²) in [6, 6.07) is 3.14. The lowest BCUT2D eigenvalue weighted by Gasteiger charge is -2.29. The molecule has 0 bridgehead atoms. The molecular formula is C13H16F4N2. The van der Waals surface area contributed by atoms with Crippen LogP contribution in [-0.4, -0.2) is 18.8 Å². The second kappa shape index (κ2) is 5.00. The Morgan fingerprint density at radius 1 is 1.37 bits per heavy atom. The summed E-state index contributed by atoms with van der Waals surface area (Å²) in [7, 11) is 0. The quantitative estimate of drug-likeness (QED) is 0.854. The van der Waals surface area contributed by atoms with Gasteiger partial charge in [0.2, 0.25) is 0 Å². The Kier molecular flexibility index (Phi) is 3.71. The van der Waals surface area contributed by atoms with Gasteiger partial charge in [0, 0.05) is 17.8 Å². The zero-order chi connectivity index (χ0) is 14.2. The molecule has 0 aliphatic heterocycles. The van der Waals surface area contributed by atoms with E-state index in [9.17, 15) is 17.6 Å². The van der Waals surface area contributed by atoms with Gasteiger partial charge in [-0.05, 0) is 43.5 Å². The molecule has 0 amide bonds. The fraction of sp³-hybridized carbons (Fsp3) is 0.538. The number of hydrogen-bond donors (Lipinski definition) is 1. The topological polar surface area (TPSA) is 29.3 Å². The summed E-state index contributed by atoms with van der Waals surface area (Å²) in [5.41, 5.74) is 6.53. The Hall–Kier alpha value is -1.30. The summed E-state index contributed by atoms with van der Waals surface area (Å²) >= 11 is 0. The van der Waals surface area contributed by atoms with Gasteiger partial charge in [-0.3, -0.25) is 0 Å². The number of rotatable bonds is 4. The molecule has 0 radical (unpaired) electrons. The van der Waals surface area contributed by atoms with E-state index < -0.39 is 24.6 Å². The third-order valence-corrected chi connectivity index (χ3v) is 3.13. The highest BCUT2D eigenvalue weighted by Crippen LogP contribution is 2.37. The molecule has 0 heterocycles. The molecule has 2 N–H and O–H groups in total. The molecular weight excluding hydrogens is 260 g/mol. The monoisotopic (exact) mass is 276 g/mol. The highest BCUT2D eigenvalue weighted by molar-refractivity contribution is 5.57. The van der Waals surface area contributed by atoms with Crippen LogP contribution in [0.5, 0.6) is 0 Å². The minimum Gasteiger partial charge on any atom is -0.359 e. The van der Waals surface area contributed by atoms with Crippen LogP contribution in [0.3, 0.4) is 0 Å². The van der Waals surface area contributed by atoms with E-state index >= 15 is 0 Å². The number of nitrogens with two attached hydrogens (primary N) is 1. The molecule has 6 heteroatoms. The smallest absolute Gasteiger partial charge is 0.359 e. The van der Waals surface area contributed by atoms with Crippen molar-refractivity contribution in [2.24, 2.45) is 5.73 Å². The Balaban J connectivity index is 2.36. The van der Waals surface area contributed by atoms with Gasteiger partial charge in [0.1, 0.15) is 12.4 Å². The van der Waals surface area contributed by atoms with Gasteiger partial charge in [0.05, 0.1) is 0 Å². The van der Waals surface area contributed by atoms with E-state index in [-0.39, 0.29) is 6.04 Å². The van der Waals surface area contributed by atoms with Gasteiger partial charge in [0.25, 0.3) is 0 Å². The summed E-state index contributed by atoms with van der Waals surface area (Å²) in [6.07, 6.45) is -2.83. The molecule has 1 aromatic rings. The standard InChI is InChI=1S/C13H16F4N2/c1-8(18)11-6-9(14)2-5-12(11)19(10-3-4-10)7-13(15,16)17/h2,5-6,8,10H,3-4,7,18H2,1H3. The molecule has 2 rings (SSSR count). The van der Waals surface area contributed by atoms with Crippen LogP contribution >= 0.6 is 0 Å². The summed E-state index contributed by atoms with van der Waals surface area (Å²) in [5.74, 6) is -0.487. The van der Waals surface area contributed by atoms with Gasteiger partial charge in [-0.25, -0.2) is 4.39 Å². The zero-order valence-corrected chi connectivity index (χ0v) is 10.5. The Morgan fingerprint density at radius 3 is 2.47 bits per heavy atom. The fourth-order valence-electron chi connectivity index (χ4n) is 2.14. The van der Waals surface area contributed by atoms with Crippen LogP contribution in [0, 0.1) is 5.82 Å². The molecule has 1 fully saturated rings. The van der Waals surface area contributed by atoms with Crippen LogP contribution in [0.25, 0.3) is 0 Å². The van der Waals surface area contributed by atoms with E-state index in [1.165, 1.54) is 23.1 Å². The predicted octanol–water partition coefficient (Wildman–Crippen LogP) is 3.38. The van der Waals surface area contributed by atoms with Crippen LogP contribution < -0.4 is 10.6 Å². The van der Waals surface area contributed by atoms with Gasteiger partial charge in [0.15, 0.2) is 0 Å². The fourth-order valence-corrected chi connectivity index (χ4v) is 2.14. The summed E-state index contributed by atoms with van der Waals surface area (Å²) in [5, 5.41) is 0. The van der Waals surface area contributed by atoms with E-state index in [2.05, 4.69) is 0 Å². The van der Waals surface area contributed by atoms with Crippen molar-refractivity contribution in [1.29, 1.82) is 0 Å². The molecule has 2 nitrogen and oxygen atoms in total. The molecule has 1 saturated carbocycles. The lowest BCUT2D eigenvalue weighted by molar-refractivity contribution is -0.120. The average Bonchev–Trinajstić information content (AvgIpc) is 3.08. The van der Waals surface area contributed by atoms with Crippen LogP contribution in [0.2, 0.25) is 0 Å². The lowest BCUT2D eigenvalue weighted by atomic mass is 10.1. The largest absolute Gasteiger partial charge is 0.405 e. The summed E-state index contributed by atoms with van der Waals surface area (Å²) in [6.45, 7) is 0.611. The number of benzene rings is 1. The van der Waals surface area contributed by atoms with E-state index in [1.54, 1.807) is 6.92 Å². The predicted molar refractivity (Wildman–Crippen MR) is 65.4 cm³/mol. The first-order valence-corrected chi connectivity index (χ1v) is 6.16. The van der Waals surface area contributed by atoms with Gasteiger partial charge >= 0.3 is 6.18 Å². The minimum atomic E-state index is -4.29. The Labute approximate surface area is 109 Å². The maximum Gasteiger partial charge on any atom is 0.405 e. The second-order valence-corrected chi connectivity index (χ2v) is 4.97. The second-order valence-electron chi connectivity index (χ2n) is 4.97. The number of nitrogens with zero attached hydrogens (tertiary/aromatic N) is 1. The van der Waals surface area contributed by atoms with Gasteiger partial charge in [-0.1, -0.05) is 0 Å². The van der Waals surface area contributed by atoms with Gasteiger partial charge in [-0.2, -0.15) is 13.2 Å². The maximum atomic E-state index is 13.2. The van der Waals surface area contributed by atoms with E-state index in [1.807, 2.05) is 0 Å². The summed E-state index contributed by atoms with van der Waals surface area (Å²) in [4.78, 5) is 1.29. The van der Waals surface area contributed by atoms with Gasteiger partial charge < -0.3 is 10.6 Å². The molecule has 1 aliphatic rings. The highest BCUT2D eigenvalue weighted by atomic mass is 19.4. The Morgan fingerprint density at radius 2 is 2.00 bits per heavy atom. The first kappa shape index (κ1) is 14.1. The molecule has 1 aliphatic carbocycles. The van der Waals surface area contributed by atoms with Crippen molar-refractivity contribution in [3.63, 3.8) is 0 Å². The van der Waals surface area contributed by atoms with Crippen molar-refractivity contribution in [3.05, 3.63) is 29.6 Å². The van der Waals surface area contributed by atoms with Crippen LogP contribution in [0.1, 0.15) is 31.4 Å². The summed E-state index contributed by atoms with van der Waals surface area (Å²) < 4.78 is 51.2. The van der Waals surface area contributed by atoms with E-state index in [0.717, 1.165) is 12.8 Å². The normalized spacial score (nSPS) is 17.4. The molecule has 1 atom stereocenters. The number of anilines is 1. The third-order valence-electron chi connectivity index (χ3n) is 3.13. The van der Waals surface area contributed by atoms with Crippen molar-refractivity contribution in [1.82, 2.24) is 0 Å². The SMILES string of the molecule is CC(N)c1cc(F)ccc1N(CC(F)(F)F)C1CC1.